The van der Waals surface area contributed by atoms with Crippen LogP contribution in [0.2, 0.25) is 0 Å². The number of halogens is 1. The quantitative estimate of drug-likeness (QED) is 0.873. The molecule has 1 unspecified atom stereocenters. The molecule has 0 aliphatic carbocycles. The number of rotatable bonds is 4. The molecule has 0 amide bonds. The third-order valence-corrected chi connectivity index (χ3v) is 2.81. The molecule has 0 bridgehead atoms. The first kappa shape index (κ1) is 15.1. The highest BCUT2D eigenvalue weighted by Crippen LogP contribution is 2.28. The summed E-state index contributed by atoms with van der Waals surface area (Å²) in [5.74, 6) is -0.283. The standard InChI is InChI=1S/C15H25FN2/c1-11(12-7-13(16)9-17-8-12)18-15(5,6)10-14(2,3)4/h7-9,11,18H,10H2,1-6H3. The molecule has 3 heteroatoms. The van der Waals surface area contributed by atoms with Crippen LogP contribution >= 0.6 is 0 Å². The van der Waals surface area contributed by atoms with Crippen LogP contribution in [0.25, 0.3) is 0 Å². The maximum Gasteiger partial charge on any atom is 0.141 e. The van der Waals surface area contributed by atoms with E-state index in [0.29, 0.717) is 0 Å². The van der Waals surface area contributed by atoms with Crippen molar-refractivity contribution >= 4 is 0 Å². The summed E-state index contributed by atoms with van der Waals surface area (Å²) in [5.41, 5.74) is 1.15. The van der Waals surface area contributed by atoms with Gasteiger partial charge >= 0.3 is 0 Å². The van der Waals surface area contributed by atoms with Crippen LogP contribution in [-0.4, -0.2) is 10.5 Å². The van der Waals surface area contributed by atoms with Crippen LogP contribution in [0.4, 0.5) is 4.39 Å². The third kappa shape index (κ3) is 5.13. The van der Waals surface area contributed by atoms with E-state index in [2.05, 4.69) is 44.9 Å². The molecule has 1 rings (SSSR count). The molecule has 0 saturated heterocycles. The lowest BCUT2D eigenvalue weighted by molar-refractivity contribution is 0.226. The fraction of sp³-hybridized carbons (Fsp3) is 0.667. The first-order chi connectivity index (χ1) is 8.09. The van der Waals surface area contributed by atoms with Crippen molar-refractivity contribution in [1.29, 1.82) is 0 Å². The molecule has 1 atom stereocenters. The topological polar surface area (TPSA) is 24.9 Å². The van der Waals surface area contributed by atoms with E-state index in [1.807, 2.05) is 6.92 Å². The van der Waals surface area contributed by atoms with Gasteiger partial charge in [-0.15, -0.1) is 0 Å². The molecular weight excluding hydrogens is 227 g/mol. The highest BCUT2D eigenvalue weighted by Gasteiger charge is 2.27. The SMILES string of the molecule is CC(NC(C)(C)CC(C)(C)C)c1cncc(F)c1. The summed E-state index contributed by atoms with van der Waals surface area (Å²) < 4.78 is 13.1. The van der Waals surface area contributed by atoms with Gasteiger partial charge in [-0.2, -0.15) is 0 Å². The van der Waals surface area contributed by atoms with Gasteiger partial charge in [0.05, 0.1) is 6.20 Å². The van der Waals surface area contributed by atoms with E-state index in [0.717, 1.165) is 12.0 Å². The second-order valence-electron chi connectivity index (χ2n) is 6.92. The zero-order valence-corrected chi connectivity index (χ0v) is 12.3. The van der Waals surface area contributed by atoms with Crippen LogP contribution in [0.1, 0.15) is 59.6 Å². The van der Waals surface area contributed by atoms with Gasteiger partial charge in [0.1, 0.15) is 5.82 Å². The molecule has 1 aromatic rings. The molecule has 102 valence electrons. The van der Waals surface area contributed by atoms with Crippen molar-refractivity contribution in [3.05, 3.63) is 29.8 Å². The Labute approximate surface area is 110 Å². The predicted octanol–water partition coefficient (Wildman–Crippen LogP) is 4.09. The fourth-order valence-electron chi connectivity index (χ4n) is 2.71. The number of nitrogens with zero attached hydrogens (tertiary/aromatic N) is 1. The van der Waals surface area contributed by atoms with Gasteiger partial charge in [-0.1, -0.05) is 20.8 Å². The molecule has 2 nitrogen and oxygen atoms in total. The second-order valence-corrected chi connectivity index (χ2v) is 6.92. The van der Waals surface area contributed by atoms with Crippen molar-refractivity contribution < 1.29 is 4.39 Å². The highest BCUT2D eigenvalue weighted by molar-refractivity contribution is 5.14. The average Bonchev–Trinajstić information content (AvgIpc) is 2.12. The number of aromatic nitrogens is 1. The summed E-state index contributed by atoms with van der Waals surface area (Å²) in [4.78, 5) is 3.89. The van der Waals surface area contributed by atoms with Crippen LogP contribution in [0.15, 0.2) is 18.5 Å². The molecule has 0 spiro atoms. The van der Waals surface area contributed by atoms with Gasteiger partial charge < -0.3 is 5.32 Å². The summed E-state index contributed by atoms with van der Waals surface area (Å²) in [6.45, 7) is 13.1. The second kappa shape index (κ2) is 5.35. The van der Waals surface area contributed by atoms with Crippen LogP contribution < -0.4 is 5.32 Å². The van der Waals surface area contributed by atoms with Gasteiger partial charge in [0.15, 0.2) is 0 Å². The normalized spacial score (nSPS) is 14.6. The Bertz CT molecular complexity index is 394. The molecule has 0 saturated carbocycles. The molecular formula is C15H25FN2. The van der Waals surface area contributed by atoms with Crippen molar-refractivity contribution in [2.45, 2.75) is 59.5 Å². The molecule has 1 N–H and O–H groups in total. The fourth-order valence-corrected chi connectivity index (χ4v) is 2.71. The van der Waals surface area contributed by atoms with Crippen molar-refractivity contribution in [2.75, 3.05) is 0 Å². The first-order valence-corrected chi connectivity index (χ1v) is 6.47. The number of pyridine rings is 1. The number of hydrogen-bond acceptors (Lipinski definition) is 2. The third-order valence-electron chi connectivity index (χ3n) is 2.81. The van der Waals surface area contributed by atoms with Crippen LogP contribution in [0, 0.1) is 11.2 Å². The van der Waals surface area contributed by atoms with Gasteiger partial charge in [-0.05, 0) is 44.2 Å². The average molecular weight is 252 g/mol. The molecule has 0 fully saturated rings. The van der Waals surface area contributed by atoms with Gasteiger partial charge in [0, 0.05) is 17.8 Å². The van der Waals surface area contributed by atoms with Gasteiger partial charge in [0.2, 0.25) is 0 Å². The predicted molar refractivity (Wildman–Crippen MR) is 73.9 cm³/mol. The Morgan fingerprint density at radius 2 is 1.83 bits per heavy atom. The maximum atomic E-state index is 13.1. The van der Waals surface area contributed by atoms with Crippen molar-refractivity contribution in [2.24, 2.45) is 5.41 Å². The minimum atomic E-state index is -0.283. The molecule has 0 radical (unpaired) electrons. The Hall–Kier alpha value is -0.960. The molecule has 0 aliphatic rings. The van der Waals surface area contributed by atoms with Gasteiger partial charge in [0.25, 0.3) is 0 Å². The molecule has 1 aromatic heterocycles. The van der Waals surface area contributed by atoms with E-state index in [1.54, 1.807) is 6.20 Å². The number of nitrogens with one attached hydrogen (secondary N) is 1. The monoisotopic (exact) mass is 252 g/mol. The molecule has 18 heavy (non-hydrogen) atoms. The summed E-state index contributed by atoms with van der Waals surface area (Å²) in [5, 5.41) is 3.55. The van der Waals surface area contributed by atoms with Gasteiger partial charge in [-0.3, -0.25) is 4.98 Å². The van der Waals surface area contributed by atoms with Crippen molar-refractivity contribution in [3.8, 4) is 0 Å². The molecule has 0 aromatic carbocycles. The van der Waals surface area contributed by atoms with Crippen LogP contribution in [0.3, 0.4) is 0 Å². The van der Waals surface area contributed by atoms with Crippen LogP contribution in [0.5, 0.6) is 0 Å². The van der Waals surface area contributed by atoms with E-state index in [-0.39, 0.29) is 22.8 Å². The van der Waals surface area contributed by atoms with Gasteiger partial charge in [-0.25, -0.2) is 4.39 Å². The Kier molecular flexibility index (Phi) is 4.49. The largest absolute Gasteiger partial charge is 0.305 e. The lowest BCUT2D eigenvalue weighted by atomic mass is 9.81. The molecule has 1 heterocycles. The van der Waals surface area contributed by atoms with E-state index < -0.39 is 0 Å². The number of hydrogen-bond donors (Lipinski definition) is 1. The Morgan fingerprint density at radius 3 is 2.33 bits per heavy atom. The van der Waals surface area contributed by atoms with E-state index in [4.69, 9.17) is 0 Å². The lowest BCUT2D eigenvalue weighted by Gasteiger charge is -2.36. The lowest BCUT2D eigenvalue weighted by Crippen LogP contribution is -2.43. The highest BCUT2D eigenvalue weighted by atomic mass is 19.1. The van der Waals surface area contributed by atoms with E-state index >= 15 is 0 Å². The van der Waals surface area contributed by atoms with Crippen LogP contribution in [-0.2, 0) is 0 Å². The molecule has 0 aliphatic heterocycles. The minimum Gasteiger partial charge on any atom is -0.305 e. The summed E-state index contributed by atoms with van der Waals surface area (Å²) in [7, 11) is 0. The van der Waals surface area contributed by atoms with Crippen molar-refractivity contribution in [1.82, 2.24) is 10.3 Å². The first-order valence-electron chi connectivity index (χ1n) is 6.47. The minimum absolute atomic E-state index is 0.00395. The smallest absolute Gasteiger partial charge is 0.141 e. The Morgan fingerprint density at radius 1 is 1.22 bits per heavy atom. The van der Waals surface area contributed by atoms with Crippen molar-refractivity contribution in [3.63, 3.8) is 0 Å². The summed E-state index contributed by atoms with van der Waals surface area (Å²) >= 11 is 0. The Balaban J connectivity index is 2.72. The maximum absolute atomic E-state index is 13.1. The zero-order valence-electron chi connectivity index (χ0n) is 12.3. The van der Waals surface area contributed by atoms with E-state index in [9.17, 15) is 4.39 Å². The zero-order chi connectivity index (χ0) is 14.0. The van der Waals surface area contributed by atoms with E-state index in [1.165, 1.54) is 12.3 Å². The summed E-state index contributed by atoms with van der Waals surface area (Å²) in [6.07, 6.45) is 4.00. The summed E-state index contributed by atoms with van der Waals surface area (Å²) in [6, 6.07) is 1.63.